The van der Waals surface area contributed by atoms with Crippen LogP contribution in [0.5, 0.6) is 0 Å². The standard InChI is InChI=1S/C12H18ClN5S/c1-4-6-18-11(8(13)7-15-18)10(14-3)12-9(5-2)16-17-19-12/h7,10,14H,4-6H2,1-3H3. The van der Waals surface area contributed by atoms with Crippen molar-refractivity contribution >= 4 is 23.1 Å². The molecule has 0 bridgehead atoms. The minimum atomic E-state index is -0.00324. The largest absolute Gasteiger partial charge is 0.307 e. The van der Waals surface area contributed by atoms with Gasteiger partial charge in [-0.15, -0.1) is 5.10 Å². The van der Waals surface area contributed by atoms with Crippen molar-refractivity contribution in [1.82, 2.24) is 24.7 Å². The molecule has 104 valence electrons. The first-order valence-electron chi connectivity index (χ1n) is 6.42. The van der Waals surface area contributed by atoms with Gasteiger partial charge in [0.1, 0.15) is 0 Å². The SMILES string of the molecule is CCCn1ncc(Cl)c1C(NC)c1snnc1CC. The molecule has 0 aliphatic rings. The predicted octanol–water partition coefficient (Wildman–Crippen LogP) is 2.67. The second kappa shape index (κ2) is 6.45. The third-order valence-corrected chi connectivity index (χ3v) is 4.14. The molecule has 0 fully saturated rings. The fourth-order valence-electron chi connectivity index (χ4n) is 2.12. The lowest BCUT2D eigenvalue weighted by molar-refractivity contribution is 0.536. The molecule has 2 aromatic heterocycles. The van der Waals surface area contributed by atoms with Crippen molar-refractivity contribution in [1.29, 1.82) is 0 Å². The second-order valence-electron chi connectivity index (χ2n) is 4.26. The molecule has 0 spiro atoms. The van der Waals surface area contributed by atoms with Crippen molar-refractivity contribution in [3.8, 4) is 0 Å². The van der Waals surface area contributed by atoms with Crippen LogP contribution in [0.15, 0.2) is 6.20 Å². The van der Waals surface area contributed by atoms with Gasteiger partial charge in [-0.1, -0.05) is 29.9 Å². The van der Waals surface area contributed by atoms with Crippen molar-refractivity contribution in [3.63, 3.8) is 0 Å². The number of nitrogens with one attached hydrogen (secondary N) is 1. The van der Waals surface area contributed by atoms with E-state index in [-0.39, 0.29) is 6.04 Å². The van der Waals surface area contributed by atoms with E-state index in [1.807, 2.05) is 11.7 Å². The van der Waals surface area contributed by atoms with Gasteiger partial charge < -0.3 is 5.32 Å². The molecule has 2 heterocycles. The summed E-state index contributed by atoms with van der Waals surface area (Å²) in [6, 6.07) is -0.00324. The smallest absolute Gasteiger partial charge is 0.0890 e. The van der Waals surface area contributed by atoms with Gasteiger partial charge in [0.2, 0.25) is 0 Å². The maximum atomic E-state index is 6.31. The van der Waals surface area contributed by atoms with Crippen molar-refractivity contribution < 1.29 is 0 Å². The van der Waals surface area contributed by atoms with Crippen LogP contribution in [0, 0.1) is 0 Å². The van der Waals surface area contributed by atoms with Gasteiger partial charge in [-0.3, -0.25) is 4.68 Å². The van der Waals surface area contributed by atoms with Crippen molar-refractivity contribution in [3.05, 3.63) is 27.5 Å². The molecule has 1 atom stereocenters. The lowest BCUT2D eigenvalue weighted by Gasteiger charge is -2.17. The van der Waals surface area contributed by atoms with Crippen molar-refractivity contribution in [2.24, 2.45) is 0 Å². The Morgan fingerprint density at radius 3 is 2.89 bits per heavy atom. The van der Waals surface area contributed by atoms with Crippen LogP contribution in [0.1, 0.15) is 42.6 Å². The number of halogens is 1. The average Bonchev–Trinajstić information content (AvgIpc) is 3.01. The quantitative estimate of drug-likeness (QED) is 0.891. The van der Waals surface area contributed by atoms with Crippen LogP contribution in [0.2, 0.25) is 5.02 Å². The third kappa shape index (κ3) is 2.80. The first-order chi connectivity index (χ1) is 9.22. The minimum absolute atomic E-state index is 0.00324. The van der Waals surface area contributed by atoms with Gasteiger partial charge in [-0.05, 0) is 31.4 Å². The van der Waals surface area contributed by atoms with E-state index in [9.17, 15) is 0 Å². The average molecular weight is 300 g/mol. The number of aryl methyl sites for hydroxylation is 2. The number of hydrogen-bond acceptors (Lipinski definition) is 5. The Morgan fingerprint density at radius 2 is 2.26 bits per heavy atom. The van der Waals surface area contributed by atoms with Crippen molar-refractivity contribution in [2.75, 3.05) is 7.05 Å². The van der Waals surface area contributed by atoms with E-state index in [4.69, 9.17) is 11.6 Å². The summed E-state index contributed by atoms with van der Waals surface area (Å²) in [6.45, 7) is 5.06. The molecule has 0 aromatic carbocycles. The highest BCUT2D eigenvalue weighted by Crippen LogP contribution is 2.31. The van der Waals surface area contributed by atoms with Crippen LogP contribution in [0.25, 0.3) is 0 Å². The lowest BCUT2D eigenvalue weighted by Crippen LogP contribution is -2.22. The number of aromatic nitrogens is 4. The van der Waals surface area contributed by atoms with Crippen LogP contribution in [-0.4, -0.2) is 26.4 Å². The Labute approximate surface area is 122 Å². The molecule has 0 amide bonds. The maximum Gasteiger partial charge on any atom is 0.0890 e. The molecule has 7 heteroatoms. The third-order valence-electron chi connectivity index (χ3n) is 3.01. The summed E-state index contributed by atoms with van der Waals surface area (Å²) in [5.41, 5.74) is 2.01. The molecule has 0 saturated heterocycles. The fourth-order valence-corrected chi connectivity index (χ4v) is 3.22. The zero-order chi connectivity index (χ0) is 13.8. The minimum Gasteiger partial charge on any atom is -0.307 e. The summed E-state index contributed by atoms with van der Waals surface area (Å²) >= 11 is 7.72. The Hall–Kier alpha value is -0.980. The number of hydrogen-bond donors (Lipinski definition) is 1. The van der Waals surface area contributed by atoms with Crippen LogP contribution < -0.4 is 5.32 Å². The predicted molar refractivity (Wildman–Crippen MR) is 77.7 cm³/mol. The van der Waals surface area contributed by atoms with E-state index in [0.29, 0.717) is 5.02 Å². The molecule has 0 aliphatic heterocycles. The first-order valence-corrected chi connectivity index (χ1v) is 7.57. The Morgan fingerprint density at radius 1 is 1.47 bits per heavy atom. The second-order valence-corrected chi connectivity index (χ2v) is 5.45. The van der Waals surface area contributed by atoms with Gasteiger partial charge >= 0.3 is 0 Å². The summed E-state index contributed by atoms with van der Waals surface area (Å²) in [4.78, 5) is 1.12. The first kappa shape index (κ1) is 14.4. The molecule has 1 unspecified atom stereocenters. The van der Waals surface area contributed by atoms with Crippen LogP contribution in [-0.2, 0) is 13.0 Å². The van der Waals surface area contributed by atoms with E-state index < -0.39 is 0 Å². The lowest BCUT2D eigenvalue weighted by atomic mass is 10.1. The molecule has 0 radical (unpaired) electrons. The van der Waals surface area contributed by atoms with Gasteiger partial charge in [0.25, 0.3) is 0 Å². The maximum absolute atomic E-state index is 6.31. The van der Waals surface area contributed by atoms with Crippen molar-refractivity contribution in [2.45, 2.75) is 39.3 Å². The normalized spacial score (nSPS) is 12.8. The van der Waals surface area contributed by atoms with Crippen LogP contribution in [0.3, 0.4) is 0 Å². The Balaban J connectivity index is 2.45. The van der Waals surface area contributed by atoms with Gasteiger partial charge in [-0.2, -0.15) is 5.10 Å². The van der Waals surface area contributed by atoms with Gasteiger partial charge in [0, 0.05) is 6.54 Å². The molecular weight excluding hydrogens is 282 g/mol. The summed E-state index contributed by atoms with van der Waals surface area (Å²) in [6.07, 6.45) is 3.59. The Bertz CT molecular complexity index is 536. The van der Waals surface area contributed by atoms with Gasteiger partial charge in [-0.25, -0.2) is 0 Å². The highest BCUT2D eigenvalue weighted by Gasteiger charge is 2.25. The van der Waals surface area contributed by atoms with E-state index in [2.05, 4.69) is 33.8 Å². The van der Waals surface area contributed by atoms with E-state index in [1.54, 1.807) is 6.20 Å². The van der Waals surface area contributed by atoms with Crippen LogP contribution in [0.4, 0.5) is 0 Å². The highest BCUT2D eigenvalue weighted by molar-refractivity contribution is 7.05. The zero-order valence-corrected chi connectivity index (χ0v) is 12.9. The molecule has 2 rings (SSSR count). The Kier molecular flexibility index (Phi) is 4.90. The molecule has 5 nitrogen and oxygen atoms in total. The summed E-state index contributed by atoms with van der Waals surface area (Å²) in [7, 11) is 1.92. The monoisotopic (exact) mass is 299 g/mol. The molecule has 19 heavy (non-hydrogen) atoms. The topological polar surface area (TPSA) is 55.6 Å². The molecule has 2 aromatic rings. The van der Waals surface area contributed by atoms with Gasteiger partial charge in [0.05, 0.1) is 33.5 Å². The number of nitrogens with zero attached hydrogens (tertiary/aromatic N) is 4. The summed E-state index contributed by atoms with van der Waals surface area (Å²) in [5.74, 6) is 0. The summed E-state index contributed by atoms with van der Waals surface area (Å²) < 4.78 is 6.02. The highest BCUT2D eigenvalue weighted by atomic mass is 35.5. The molecular formula is C12H18ClN5S. The molecule has 0 saturated carbocycles. The van der Waals surface area contributed by atoms with Gasteiger partial charge in [0.15, 0.2) is 0 Å². The van der Waals surface area contributed by atoms with Crippen LogP contribution >= 0.6 is 23.1 Å². The summed E-state index contributed by atoms with van der Waals surface area (Å²) in [5, 5.41) is 12.5. The van der Waals surface area contributed by atoms with E-state index in [1.165, 1.54) is 11.5 Å². The van der Waals surface area contributed by atoms with E-state index >= 15 is 0 Å². The zero-order valence-electron chi connectivity index (χ0n) is 11.4. The fraction of sp³-hybridized carbons (Fsp3) is 0.583. The molecule has 1 N–H and O–H groups in total. The van der Waals surface area contributed by atoms with E-state index in [0.717, 1.165) is 35.7 Å². The molecule has 0 aliphatic carbocycles. The number of rotatable bonds is 6.